The summed E-state index contributed by atoms with van der Waals surface area (Å²) in [6.45, 7) is 5.39. The summed E-state index contributed by atoms with van der Waals surface area (Å²) in [5.41, 5.74) is 1.06. The van der Waals surface area contributed by atoms with Crippen molar-refractivity contribution in [3.05, 3.63) is 59.2 Å². The third kappa shape index (κ3) is 8.03. The van der Waals surface area contributed by atoms with Gasteiger partial charge in [-0.15, -0.1) is 0 Å². The third-order valence-electron chi connectivity index (χ3n) is 3.02. The van der Waals surface area contributed by atoms with Gasteiger partial charge in [-0.1, -0.05) is 11.6 Å². The van der Waals surface area contributed by atoms with Crippen molar-refractivity contribution in [2.45, 2.75) is 20.4 Å². The Balaban J connectivity index is 0.000000333. The molecule has 0 aliphatic rings. The second-order valence-electron chi connectivity index (χ2n) is 4.94. The molecule has 8 heteroatoms. The van der Waals surface area contributed by atoms with Crippen LogP contribution in [-0.4, -0.2) is 38.3 Å². The van der Waals surface area contributed by atoms with E-state index < -0.39 is 11.9 Å². The van der Waals surface area contributed by atoms with Gasteiger partial charge < -0.3 is 19.5 Å². The number of aromatic nitrogens is 2. The van der Waals surface area contributed by atoms with Crippen molar-refractivity contribution in [2.75, 3.05) is 6.61 Å². The van der Waals surface area contributed by atoms with Crippen LogP contribution < -0.4 is 4.74 Å². The first-order valence-corrected chi connectivity index (χ1v) is 7.68. The Morgan fingerprint density at radius 3 is 2.36 bits per heavy atom. The van der Waals surface area contributed by atoms with Gasteiger partial charge in [0.2, 0.25) is 0 Å². The third-order valence-corrected chi connectivity index (χ3v) is 3.25. The average molecular weight is 367 g/mol. The lowest BCUT2D eigenvalue weighted by atomic mass is 10.2. The highest BCUT2D eigenvalue weighted by Gasteiger charge is 2.01. The highest BCUT2D eigenvalue weighted by molar-refractivity contribution is 6.30. The van der Waals surface area contributed by atoms with Crippen molar-refractivity contribution >= 4 is 23.5 Å². The summed E-state index contributed by atoms with van der Waals surface area (Å²) in [7, 11) is 0. The SMILES string of the molecule is Cc1cc(Cl)ccc1OCCn1ccnc1C.O=C(O)/C=C\C(=O)O. The van der Waals surface area contributed by atoms with Gasteiger partial charge in [0, 0.05) is 29.6 Å². The number of hydrogen-bond donors (Lipinski definition) is 2. The minimum atomic E-state index is -1.26. The zero-order chi connectivity index (χ0) is 18.8. The van der Waals surface area contributed by atoms with Crippen LogP contribution in [0.2, 0.25) is 5.02 Å². The van der Waals surface area contributed by atoms with E-state index >= 15 is 0 Å². The number of carboxylic acid groups (broad SMARTS) is 2. The molecule has 0 spiro atoms. The highest BCUT2D eigenvalue weighted by Crippen LogP contribution is 2.21. The summed E-state index contributed by atoms with van der Waals surface area (Å²) < 4.78 is 7.77. The van der Waals surface area contributed by atoms with Crippen molar-refractivity contribution in [1.82, 2.24) is 9.55 Å². The van der Waals surface area contributed by atoms with E-state index in [-0.39, 0.29) is 0 Å². The van der Waals surface area contributed by atoms with Crippen molar-refractivity contribution in [3.63, 3.8) is 0 Å². The Kier molecular flexibility index (Phi) is 8.22. The average Bonchev–Trinajstić information content (AvgIpc) is 2.93. The highest BCUT2D eigenvalue weighted by atomic mass is 35.5. The second kappa shape index (κ2) is 10.1. The maximum atomic E-state index is 9.55. The van der Waals surface area contributed by atoms with Crippen LogP contribution in [0, 0.1) is 13.8 Å². The number of aryl methyl sites for hydroxylation is 2. The number of rotatable bonds is 6. The first-order valence-electron chi connectivity index (χ1n) is 7.30. The predicted molar refractivity (Wildman–Crippen MR) is 93.1 cm³/mol. The summed E-state index contributed by atoms with van der Waals surface area (Å²) in [6, 6.07) is 5.64. The van der Waals surface area contributed by atoms with Gasteiger partial charge in [-0.2, -0.15) is 0 Å². The van der Waals surface area contributed by atoms with Gasteiger partial charge in [-0.25, -0.2) is 14.6 Å². The van der Waals surface area contributed by atoms with E-state index in [0.717, 1.165) is 28.7 Å². The molecule has 0 radical (unpaired) electrons. The molecule has 0 amide bonds. The summed E-state index contributed by atoms with van der Waals surface area (Å²) in [5, 5.41) is 16.4. The van der Waals surface area contributed by atoms with Crippen molar-refractivity contribution < 1.29 is 24.5 Å². The minimum Gasteiger partial charge on any atom is -0.491 e. The Bertz CT molecular complexity index is 739. The fourth-order valence-electron chi connectivity index (χ4n) is 1.81. The quantitative estimate of drug-likeness (QED) is 0.762. The molecule has 2 N–H and O–H groups in total. The molecule has 0 bridgehead atoms. The normalized spacial score (nSPS) is 10.2. The molecule has 0 aliphatic heterocycles. The van der Waals surface area contributed by atoms with Gasteiger partial charge in [0.15, 0.2) is 0 Å². The lowest BCUT2D eigenvalue weighted by molar-refractivity contribution is -0.134. The molecule has 2 rings (SSSR count). The van der Waals surface area contributed by atoms with Crippen LogP contribution in [0.15, 0.2) is 42.7 Å². The Labute approximate surface area is 150 Å². The number of carboxylic acids is 2. The van der Waals surface area contributed by atoms with Crippen LogP contribution in [0.25, 0.3) is 0 Å². The molecule has 2 aromatic rings. The molecule has 0 fully saturated rings. The zero-order valence-electron chi connectivity index (χ0n) is 13.8. The van der Waals surface area contributed by atoms with E-state index in [9.17, 15) is 9.59 Å². The van der Waals surface area contributed by atoms with Gasteiger partial charge in [0.1, 0.15) is 18.2 Å². The molecule has 0 aliphatic carbocycles. The molecule has 0 saturated heterocycles. The van der Waals surface area contributed by atoms with E-state index in [4.69, 9.17) is 26.6 Å². The summed E-state index contributed by atoms with van der Waals surface area (Å²) in [6.07, 6.45) is 4.86. The smallest absolute Gasteiger partial charge is 0.328 e. The van der Waals surface area contributed by atoms with E-state index in [1.54, 1.807) is 6.20 Å². The van der Waals surface area contributed by atoms with Gasteiger partial charge in [-0.05, 0) is 37.6 Å². The van der Waals surface area contributed by atoms with E-state index in [1.807, 2.05) is 38.2 Å². The number of halogens is 1. The van der Waals surface area contributed by atoms with Crippen molar-refractivity contribution in [3.8, 4) is 5.75 Å². The fourth-order valence-corrected chi connectivity index (χ4v) is 2.04. The van der Waals surface area contributed by atoms with E-state index in [1.165, 1.54) is 0 Å². The van der Waals surface area contributed by atoms with E-state index in [0.29, 0.717) is 18.8 Å². The number of nitrogens with zero attached hydrogens (tertiary/aromatic N) is 2. The van der Waals surface area contributed by atoms with Crippen molar-refractivity contribution in [2.24, 2.45) is 0 Å². The summed E-state index contributed by atoms with van der Waals surface area (Å²) >= 11 is 5.89. The van der Waals surface area contributed by atoms with Crippen LogP contribution in [0.5, 0.6) is 5.75 Å². The number of ether oxygens (including phenoxy) is 1. The number of aliphatic carboxylic acids is 2. The molecule has 7 nitrogen and oxygen atoms in total. The summed E-state index contributed by atoms with van der Waals surface area (Å²) in [4.78, 5) is 23.3. The molecule has 25 heavy (non-hydrogen) atoms. The van der Waals surface area contributed by atoms with Crippen molar-refractivity contribution in [1.29, 1.82) is 0 Å². The molecule has 0 atom stereocenters. The maximum absolute atomic E-state index is 9.55. The zero-order valence-corrected chi connectivity index (χ0v) is 14.6. The van der Waals surface area contributed by atoms with Gasteiger partial charge in [0.25, 0.3) is 0 Å². The molecule has 0 unspecified atom stereocenters. The number of carbonyl (C=O) groups is 2. The number of benzene rings is 1. The topological polar surface area (TPSA) is 102 Å². The lowest BCUT2D eigenvalue weighted by Crippen LogP contribution is -2.09. The predicted octanol–water partition coefficient (Wildman–Crippen LogP) is 2.94. The monoisotopic (exact) mass is 366 g/mol. The minimum absolute atomic E-state index is 0.558. The van der Waals surface area contributed by atoms with Gasteiger partial charge in [0.05, 0.1) is 6.54 Å². The Morgan fingerprint density at radius 2 is 1.88 bits per heavy atom. The molecule has 1 heterocycles. The van der Waals surface area contributed by atoms with Crippen LogP contribution in [-0.2, 0) is 16.1 Å². The molecule has 0 saturated carbocycles. The van der Waals surface area contributed by atoms with Crippen LogP contribution in [0.1, 0.15) is 11.4 Å². The van der Waals surface area contributed by atoms with E-state index in [2.05, 4.69) is 9.55 Å². The van der Waals surface area contributed by atoms with Crippen LogP contribution in [0.4, 0.5) is 0 Å². The molecule has 1 aromatic carbocycles. The fraction of sp³-hybridized carbons (Fsp3) is 0.235. The molecule has 1 aromatic heterocycles. The lowest BCUT2D eigenvalue weighted by Gasteiger charge is -2.10. The first kappa shape index (κ1) is 20.2. The largest absolute Gasteiger partial charge is 0.491 e. The molecule has 134 valence electrons. The van der Waals surface area contributed by atoms with Crippen LogP contribution >= 0.6 is 11.6 Å². The van der Waals surface area contributed by atoms with Crippen LogP contribution in [0.3, 0.4) is 0 Å². The molecular formula is C17H19ClN2O5. The van der Waals surface area contributed by atoms with Gasteiger partial charge >= 0.3 is 11.9 Å². The maximum Gasteiger partial charge on any atom is 0.328 e. The summed E-state index contributed by atoms with van der Waals surface area (Å²) in [5.74, 6) is -0.631. The molecular weight excluding hydrogens is 348 g/mol. The first-order chi connectivity index (χ1) is 11.8. The second-order valence-corrected chi connectivity index (χ2v) is 5.37. The van der Waals surface area contributed by atoms with Gasteiger partial charge in [-0.3, -0.25) is 0 Å². The Hall–Kier alpha value is -2.80. The number of imidazole rings is 1. The number of hydrogen-bond acceptors (Lipinski definition) is 4. The standard InChI is InChI=1S/C13H15ClN2O.C4H4O4/c1-10-9-12(14)3-4-13(10)17-8-7-16-6-5-15-11(16)2;5-3(6)1-2-4(7)8/h3-6,9H,7-8H2,1-2H3;1-2H,(H,5,6)(H,7,8)/b;2-1-. The Morgan fingerprint density at radius 1 is 1.24 bits per heavy atom.